The third-order valence-electron chi connectivity index (χ3n) is 10.0. The second-order valence-corrected chi connectivity index (χ2v) is 17.6. The maximum absolute atomic E-state index is 6.63. The Morgan fingerprint density at radius 2 is 0.764 bits per heavy atom. The van der Waals surface area contributed by atoms with Crippen molar-refractivity contribution in [3.05, 3.63) is 35.0 Å². The van der Waals surface area contributed by atoms with E-state index in [0.717, 1.165) is 45.2 Å². The van der Waals surface area contributed by atoms with Crippen molar-refractivity contribution >= 4 is 34.0 Å². The van der Waals surface area contributed by atoms with Gasteiger partial charge in [-0.2, -0.15) is 0 Å². The Morgan fingerprint density at radius 3 is 1.09 bits per heavy atom. The quantitative estimate of drug-likeness (QED) is 0.0396. The molecule has 0 saturated heterocycles. The van der Waals surface area contributed by atoms with Crippen LogP contribution in [-0.4, -0.2) is 33.6 Å². The molecule has 0 saturated carbocycles. The van der Waals surface area contributed by atoms with Crippen molar-refractivity contribution in [2.75, 3.05) is 13.2 Å². The van der Waals surface area contributed by atoms with E-state index < -0.39 is 0 Å². The molecule has 5 aromatic heterocycles. The van der Waals surface area contributed by atoms with Crippen LogP contribution in [0.1, 0.15) is 168 Å². The smallest absolute Gasteiger partial charge is 0.262 e. The number of hydrogen-bond donors (Lipinski definition) is 0. The van der Waals surface area contributed by atoms with Crippen LogP contribution in [0.4, 0.5) is 0 Å². The summed E-state index contributed by atoms with van der Waals surface area (Å²) in [5.41, 5.74) is 0. The fourth-order valence-electron chi connectivity index (χ4n) is 6.81. The first-order valence-electron chi connectivity index (χ1n) is 21.5. The van der Waals surface area contributed by atoms with Crippen molar-refractivity contribution in [3.8, 4) is 54.6 Å². The van der Waals surface area contributed by atoms with Crippen molar-refractivity contribution in [3.63, 3.8) is 0 Å². The Labute approximate surface area is 341 Å². The molecule has 302 valence electrons. The van der Waals surface area contributed by atoms with Gasteiger partial charge in [-0.15, -0.1) is 54.4 Å². The number of hydrogen-bond acceptors (Lipinski definition) is 11. The average Bonchev–Trinajstić information content (AvgIpc) is 4.05. The van der Waals surface area contributed by atoms with Gasteiger partial charge >= 0.3 is 0 Å². The van der Waals surface area contributed by atoms with E-state index in [-0.39, 0.29) is 0 Å². The molecule has 0 aliphatic rings. The van der Waals surface area contributed by atoms with Gasteiger partial charge in [-0.3, -0.25) is 0 Å². The van der Waals surface area contributed by atoms with E-state index in [2.05, 4.69) is 34.2 Å². The first-order valence-corrected chi connectivity index (χ1v) is 24.0. The third-order valence-corrected chi connectivity index (χ3v) is 12.9. The van der Waals surface area contributed by atoms with E-state index in [9.17, 15) is 0 Å². The summed E-state index contributed by atoms with van der Waals surface area (Å²) in [5.74, 6) is 3.03. The maximum Gasteiger partial charge on any atom is 0.262 e. The molecule has 0 spiro atoms. The maximum atomic E-state index is 6.63. The minimum Gasteiger partial charge on any atom is -0.488 e. The number of thiophene rings is 3. The molecular formula is C44H64N4O4S3. The molecular weight excluding hydrogens is 745 g/mol. The van der Waals surface area contributed by atoms with Gasteiger partial charge in [0.1, 0.15) is 9.75 Å². The number of aromatic nitrogens is 4. The molecule has 0 aliphatic heterocycles. The zero-order valence-electron chi connectivity index (χ0n) is 33.5. The highest BCUT2D eigenvalue weighted by atomic mass is 32.1. The first-order chi connectivity index (χ1) is 27.3. The van der Waals surface area contributed by atoms with Gasteiger partial charge < -0.3 is 18.3 Å². The van der Waals surface area contributed by atoms with Crippen LogP contribution in [-0.2, 0) is 0 Å². The highest BCUT2D eigenvalue weighted by Gasteiger charge is 2.30. The number of ether oxygens (including phenoxy) is 2. The van der Waals surface area contributed by atoms with Gasteiger partial charge in [0.25, 0.3) is 23.6 Å². The molecule has 0 amide bonds. The minimum absolute atomic E-state index is 0.401. The van der Waals surface area contributed by atoms with Crippen molar-refractivity contribution in [2.24, 2.45) is 0 Å². The number of rotatable bonds is 32. The minimum atomic E-state index is 0.401. The van der Waals surface area contributed by atoms with Gasteiger partial charge in [-0.25, -0.2) is 0 Å². The Hall–Kier alpha value is -3.02. The Balaban J connectivity index is 1.21. The standard InChI is InChI=1S/C44H64N4O4S3/c1-3-5-7-9-11-13-15-17-19-21-23-25-31-49-37-38(50-32-26-24-22-20-18-16-14-12-10-8-6-4-2)40(44-48-46-42(52-44)36-30-28-34-54-36)55-39(37)43-47-45-41(51-43)35-29-27-33-53-35/h27-30,33-34H,3-26,31-32H2,1-2H3. The Kier molecular flexibility index (Phi) is 20.4. The Morgan fingerprint density at radius 1 is 0.436 bits per heavy atom. The van der Waals surface area contributed by atoms with Crippen molar-refractivity contribution in [1.82, 2.24) is 20.4 Å². The molecule has 5 rings (SSSR count). The van der Waals surface area contributed by atoms with Crippen LogP contribution in [0.2, 0.25) is 0 Å². The van der Waals surface area contributed by atoms with Gasteiger partial charge in [0, 0.05) is 0 Å². The summed E-state index contributed by atoms with van der Waals surface area (Å²) in [4.78, 5) is 3.31. The predicted octanol–water partition coefficient (Wildman–Crippen LogP) is 15.5. The SMILES string of the molecule is CCCCCCCCCCCCCCOc1c(-c2nnc(-c3cccs3)o2)sc(-c2nnc(-c3cccs3)o2)c1OCCCCCCCCCCCCCC. The van der Waals surface area contributed by atoms with E-state index in [0.29, 0.717) is 48.3 Å². The van der Waals surface area contributed by atoms with Crippen molar-refractivity contribution in [2.45, 2.75) is 168 Å². The second kappa shape index (κ2) is 26.0. The molecule has 0 bridgehead atoms. The lowest BCUT2D eigenvalue weighted by Gasteiger charge is -2.11. The molecule has 0 radical (unpaired) electrons. The topological polar surface area (TPSA) is 96.3 Å². The molecule has 0 aromatic carbocycles. The summed E-state index contributed by atoms with van der Waals surface area (Å²) in [6, 6.07) is 7.94. The van der Waals surface area contributed by atoms with E-state index in [1.54, 1.807) is 22.7 Å². The summed E-state index contributed by atoms with van der Waals surface area (Å²) in [5, 5.41) is 21.8. The fraction of sp³-hybridized carbons (Fsp3) is 0.636. The van der Waals surface area contributed by atoms with Gasteiger partial charge in [0.2, 0.25) is 0 Å². The largest absolute Gasteiger partial charge is 0.488 e. The highest BCUT2D eigenvalue weighted by Crippen LogP contribution is 2.52. The van der Waals surface area contributed by atoms with E-state index in [1.807, 2.05) is 35.0 Å². The second-order valence-electron chi connectivity index (χ2n) is 14.7. The monoisotopic (exact) mass is 808 g/mol. The molecule has 0 fully saturated rings. The van der Waals surface area contributed by atoms with Crippen LogP contribution in [0.5, 0.6) is 11.5 Å². The zero-order valence-corrected chi connectivity index (χ0v) is 35.9. The molecule has 8 nitrogen and oxygen atoms in total. The summed E-state index contributed by atoms with van der Waals surface area (Å²) >= 11 is 4.59. The average molecular weight is 809 g/mol. The summed E-state index contributed by atoms with van der Waals surface area (Å²) in [6.07, 6.45) is 31.0. The lowest BCUT2D eigenvalue weighted by atomic mass is 10.1. The lowest BCUT2D eigenvalue weighted by molar-refractivity contribution is 0.261. The summed E-state index contributed by atoms with van der Waals surface area (Å²) < 4.78 is 25.8. The normalized spacial score (nSPS) is 11.5. The van der Waals surface area contributed by atoms with E-state index in [4.69, 9.17) is 18.3 Å². The summed E-state index contributed by atoms with van der Waals surface area (Å²) in [7, 11) is 0. The molecule has 5 aromatic rings. The van der Waals surface area contributed by atoms with Crippen LogP contribution < -0.4 is 9.47 Å². The zero-order chi connectivity index (χ0) is 38.2. The molecule has 5 heterocycles. The molecule has 0 atom stereocenters. The third kappa shape index (κ3) is 14.8. The Bertz CT molecular complexity index is 1560. The molecule has 0 unspecified atom stereocenters. The van der Waals surface area contributed by atoms with E-state index >= 15 is 0 Å². The van der Waals surface area contributed by atoms with E-state index in [1.165, 1.54) is 140 Å². The molecule has 11 heteroatoms. The molecule has 0 N–H and O–H groups in total. The number of unbranched alkanes of at least 4 members (excludes halogenated alkanes) is 22. The summed E-state index contributed by atoms with van der Waals surface area (Å²) in [6.45, 7) is 5.71. The predicted molar refractivity (Wildman–Crippen MR) is 231 cm³/mol. The van der Waals surface area contributed by atoms with Crippen LogP contribution in [0.25, 0.3) is 43.1 Å². The molecule has 55 heavy (non-hydrogen) atoms. The van der Waals surface area contributed by atoms with Gasteiger partial charge in [0.05, 0.1) is 23.0 Å². The lowest BCUT2D eigenvalue weighted by Crippen LogP contribution is -2.03. The van der Waals surface area contributed by atoms with Crippen LogP contribution >= 0.6 is 34.0 Å². The van der Waals surface area contributed by atoms with Crippen LogP contribution in [0.3, 0.4) is 0 Å². The van der Waals surface area contributed by atoms with Gasteiger partial charge in [0.15, 0.2) is 11.5 Å². The van der Waals surface area contributed by atoms with Crippen molar-refractivity contribution < 1.29 is 18.3 Å². The first kappa shape index (κ1) is 43.1. The van der Waals surface area contributed by atoms with Gasteiger partial charge in [-0.05, 0) is 35.7 Å². The van der Waals surface area contributed by atoms with Gasteiger partial charge in [-0.1, -0.05) is 167 Å². The van der Waals surface area contributed by atoms with Crippen LogP contribution in [0.15, 0.2) is 43.9 Å². The fourth-order valence-corrected chi connectivity index (χ4v) is 9.13. The molecule has 0 aliphatic carbocycles. The van der Waals surface area contributed by atoms with Crippen LogP contribution in [0, 0.1) is 0 Å². The van der Waals surface area contributed by atoms with Crippen molar-refractivity contribution in [1.29, 1.82) is 0 Å². The number of nitrogens with zero attached hydrogens (tertiary/aromatic N) is 4. The highest BCUT2D eigenvalue weighted by molar-refractivity contribution is 7.19.